The van der Waals surface area contributed by atoms with E-state index in [0.717, 1.165) is 5.82 Å². The predicted octanol–water partition coefficient (Wildman–Crippen LogP) is 4.44. The first kappa shape index (κ1) is 9.85. The van der Waals surface area contributed by atoms with Crippen molar-refractivity contribution in [1.82, 2.24) is 9.97 Å². The molecule has 18 heavy (non-hydrogen) atoms. The minimum Gasteiger partial charge on any atom is -0.345 e. The molecule has 0 radical (unpaired) electrons. The van der Waals surface area contributed by atoms with E-state index in [4.69, 9.17) is 0 Å². The number of hydrogen-bond acceptors (Lipinski definition) is 2. The molecule has 0 spiro atoms. The van der Waals surface area contributed by atoms with Gasteiger partial charge in [0.05, 0.1) is 0 Å². The van der Waals surface area contributed by atoms with Crippen molar-refractivity contribution >= 4 is 31.5 Å². The lowest BCUT2D eigenvalue weighted by Crippen LogP contribution is -1.79. The SMILES string of the molecule is c1ccc2c(c1)sc1c(-c3ncc[nH]3)cccc12. The van der Waals surface area contributed by atoms with Crippen LogP contribution in [-0.4, -0.2) is 9.97 Å². The van der Waals surface area contributed by atoms with Crippen LogP contribution in [0, 0.1) is 0 Å². The van der Waals surface area contributed by atoms with Gasteiger partial charge in [-0.3, -0.25) is 0 Å². The van der Waals surface area contributed by atoms with E-state index in [9.17, 15) is 0 Å². The molecule has 2 nitrogen and oxygen atoms in total. The van der Waals surface area contributed by atoms with Crippen molar-refractivity contribution in [2.45, 2.75) is 0 Å². The van der Waals surface area contributed by atoms with Gasteiger partial charge >= 0.3 is 0 Å². The zero-order valence-electron chi connectivity index (χ0n) is 9.55. The Balaban J connectivity index is 2.17. The van der Waals surface area contributed by atoms with E-state index in [2.05, 4.69) is 52.4 Å². The molecule has 4 aromatic rings. The highest BCUT2D eigenvalue weighted by Gasteiger charge is 2.10. The zero-order valence-corrected chi connectivity index (χ0v) is 10.4. The summed E-state index contributed by atoms with van der Waals surface area (Å²) < 4.78 is 2.63. The molecule has 0 aliphatic rings. The average Bonchev–Trinajstić information content (AvgIpc) is 3.05. The van der Waals surface area contributed by atoms with Crippen LogP contribution in [0.15, 0.2) is 54.9 Å². The van der Waals surface area contributed by atoms with Crippen molar-refractivity contribution in [3.63, 3.8) is 0 Å². The van der Waals surface area contributed by atoms with Gasteiger partial charge in [0.25, 0.3) is 0 Å². The van der Waals surface area contributed by atoms with Crippen LogP contribution in [0.1, 0.15) is 0 Å². The lowest BCUT2D eigenvalue weighted by Gasteiger charge is -1.98. The van der Waals surface area contributed by atoms with E-state index in [1.807, 2.05) is 17.5 Å². The number of aromatic amines is 1. The summed E-state index contributed by atoms with van der Waals surface area (Å²) in [6.07, 6.45) is 3.66. The number of fused-ring (bicyclic) bond motifs is 3. The van der Waals surface area contributed by atoms with Crippen LogP contribution in [0.4, 0.5) is 0 Å². The summed E-state index contributed by atoms with van der Waals surface area (Å²) in [6.45, 7) is 0. The van der Waals surface area contributed by atoms with Gasteiger partial charge in [-0.1, -0.05) is 30.3 Å². The van der Waals surface area contributed by atoms with Gasteiger partial charge < -0.3 is 4.98 Å². The van der Waals surface area contributed by atoms with E-state index in [1.54, 1.807) is 6.20 Å². The number of aromatic nitrogens is 2. The number of hydrogen-bond donors (Lipinski definition) is 1. The second-order valence-corrected chi connectivity index (χ2v) is 5.27. The molecule has 0 amide bonds. The van der Waals surface area contributed by atoms with E-state index >= 15 is 0 Å². The largest absolute Gasteiger partial charge is 0.345 e. The average molecular weight is 250 g/mol. The van der Waals surface area contributed by atoms with Crippen LogP contribution in [0.25, 0.3) is 31.6 Å². The fraction of sp³-hybridized carbons (Fsp3) is 0. The molecule has 3 heteroatoms. The van der Waals surface area contributed by atoms with Crippen molar-refractivity contribution in [1.29, 1.82) is 0 Å². The maximum Gasteiger partial charge on any atom is 0.138 e. The first-order chi connectivity index (χ1) is 8.93. The third kappa shape index (κ3) is 1.31. The predicted molar refractivity (Wildman–Crippen MR) is 76.9 cm³/mol. The van der Waals surface area contributed by atoms with Gasteiger partial charge in [-0.25, -0.2) is 4.98 Å². The number of thiophene rings is 1. The second-order valence-electron chi connectivity index (χ2n) is 4.22. The molecule has 0 aliphatic heterocycles. The molecule has 0 bridgehead atoms. The smallest absolute Gasteiger partial charge is 0.138 e. The van der Waals surface area contributed by atoms with E-state index < -0.39 is 0 Å². The van der Waals surface area contributed by atoms with Crippen molar-refractivity contribution in [3.8, 4) is 11.4 Å². The highest BCUT2D eigenvalue weighted by Crippen LogP contribution is 2.38. The maximum atomic E-state index is 4.36. The monoisotopic (exact) mass is 250 g/mol. The van der Waals surface area contributed by atoms with E-state index in [1.165, 1.54) is 25.7 Å². The fourth-order valence-corrected chi connectivity index (χ4v) is 3.56. The van der Waals surface area contributed by atoms with Gasteiger partial charge in [-0.15, -0.1) is 11.3 Å². The number of nitrogens with one attached hydrogen (secondary N) is 1. The number of nitrogens with zero attached hydrogens (tertiary/aromatic N) is 1. The Morgan fingerprint density at radius 3 is 2.72 bits per heavy atom. The Bertz CT molecular complexity index is 828. The Hall–Kier alpha value is -2.13. The van der Waals surface area contributed by atoms with Crippen molar-refractivity contribution in [2.24, 2.45) is 0 Å². The van der Waals surface area contributed by atoms with Crippen LogP contribution in [-0.2, 0) is 0 Å². The van der Waals surface area contributed by atoms with Gasteiger partial charge in [0.2, 0.25) is 0 Å². The Labute approximate surface area is 108 Å². The number of benzene rings is 2. The highest BCUT2D eigenvalue weighted by atomic mass is 32.1. The Morgan fingerprint density at radius 2 is 1.83 bits per heavy atom. The number of H-pyrrole nitrogens is 1. The third-order valence-electron chi connectivity index (χ3n) is 3.16. The van der Waals surface area contributed by atoms with Crippen molar-refractivity contribution in [3.05, 3.63) is 54.9 Å². The molecule has 4 rings (SSSR count). The minimum atomic E-state index is 0.937. The van der Waals surface area contributed by atoms with E-state index in [0.29, 0.717) is 0 Å². The van der Waals surface area contributed by atoms with Crippen LogP contribution in [0.3, 0.4) is 0 Å². The Morgan fingerprint density at radius 1 is 0.944 bits per heavy atom. The second kappa shape index (κ2) is 3.68. The molecule has 2 aromatic heterocycles. The third-order valence-corrected chi connectivity index (χ3v) is 4.38. The molecular formula is C15H10N2S. The molecule has 2 heterocycles. The van der Waals surface area contributed by atoms with Crippen LogP contribution in [0.2, 0.25) is 0 Å². The summed E-state index contributed by atoms with van der Waals surface area (Å²) in [6, 6.07) is 14.9. The van der Waals surface area contributed by atoms with Gasteiger partial charge in [0.15, 0.2) is 0 Å². The van der Waals surface area contributed by atoms with Crippen LogP contribution < -0.4 is 0 Å². The standard InChI is InChI=1S/C15H10N2S/c1-2-7-13-10(4-1)11-5-3-6-12(14(11)18-13)15-16-8-9-17-15/h1-9H,(H,16,17). The first-order valence-corrected chi connectivity index (χ1v) is 6.65. The zero-order chi connectivity index (χ0) is 11.9. The van der Waals surface area contributed by atoms with Gasteiger partial charge in [-0.05, 0) is 12.1 Å². The molecule has 0 saturated carbocycles. The number of imidazole rings is 1. The van der Waals surface area contributed by atoms with E-state index in [-0.39, 0.29) is 0 Å². The summed E-state index contributed by atoms with van der Waals surface area (Å²) in [5, 5.41) is 2.63. The summed E-state index contributed by atoms with van der Waals surface area (Å²) in [4.78, 5) is 7.54. The minimum absolute atomic E-state index is 0.937. The van der Waals surface area contributed by atoms with Crippen molar-refractivity contribution in [2.75, 3.05) is 0 Å². The maximum absolute atomic E-state index is 4.36. The van der Waals surface area contributed by atoms with Crippen LogP contribution >= 0.6 is 11.3 Å². The summed E-state index contributed by atoms with van der Waals surface area (Å²) in [5.41, 5.74) is 1.18. The molecule has 2 aromatic carbocycles. The summed E-state index contributed by atoms with van der Waals surface area (Å²) >= 11 is 1.83. The lowest BCUT2D eigenvalue weighted by molar-refractivity contribution is 1.32. The molecule has 86 valence electrons. The Kier molecular flexibility index (Phi) is 2.02. The van der Waals surface area contributed by atoms with Gasteiger partial charge in [0, 0.05) is 38.1 Å². The normalized spacial score (nSPS) is 11.3. The fourth-order valence-electron chi connectivity index (χ4n) is 2.35. The topological polar surface area (TPSA) is 28.7 Å². The summed E-state index contributed by atoms with van der Waals surface area (Å²) in [5.74, 6) is 0.937. The number of rotatable bonds is 1. The first-order valence-electron chi connectivity index (χ1n) is 5.83. The molecule has 0 unspecified atom stereocenters. The molecular weight excluding hydrogens is 240 g/mol. The van der Waals surface area contributed by atoms with Crippen molar-refractivity contribution < 1.29 is 0 Å². The summed E-state index contributed by atoms with van der Waals surface area (Å²) in [7, 11) is 0. The molecule has 0 atom stereocenters. The molecule has 1 N–H and O–H groups in total. The molecule has 0 saturated heterocycles. The quantitative estimate of drug-likeness (QED) is 0.531. The van der Waals surface area contributed by atoms with Crippen LogP contribution in [0.5, 0.6) is 0 Å². The lowest BCUT2D eigenvalue weighted by atomic mass is 10.1. The van der Waals surface area contributed by atoms with Gasteiger partial charge in [0.1, 0.15) is 5.82 Å². The highest BCUT2D eigenvalue weighted by molar-refractivity contribution is 7.26. The molecule has 0 aliphatic carbocycles. The van der Waals surface area contributed by atoms with Gasteiger partial charge in [-0.2, -0.15) is 0 Å². The molecule has 0 fully saturated rings.